The Balaban J connectivity index is 3.98. The van der Waals surface area contributed by atoms with Gasteiger partial charge in [-0.15, -0.1) is 0 Å². The Morgan fingerprint density at radius 2 is 1.79 bits per heavy atom. The molecule has 14 heavy (non-hydrogen) atoms. The summed E-state index contributed by atoms with van der Waals surface area (Å²) in [7, 11) is 0. The van der Waals surface area contributed by atoms with Crippen molar-refractivity contribution in [1.29, 1.82) is 0 Å². The van der Waals surface area contributed by atoms with Gasteiger partial charge in [-0.2, -0.15) is 0 Å². The molecule has 0 saturated heterocycles. The van der Waals surface area contributed by atoms with Crippen LogP contribution in [-0.4, -0.2) is 16.3 Å². The molecule has 0 aliphatic heterocycles. The highest BCUT2D eigenvalue weighted by atomic mass is 16.3. The maximum atomic E-state index is 9.85. The molecule has 1 radical (unpaired) electrons. The van der Waals surface area contributed by atoms with Gasteiger partial charge in [0.05, 0.1) is 12.7 Å². The van der Waals surface area contributed by atoms with Crippen LogP contribution >= 0.6 is 0 Å². The van der Waals surface area contributed by atoms with Crippen molar-refractivity contribution in [3.05, 3.63) is 6.61 Å². The van der Waals surface area contributed by atoms with Gasteiger partial charge < -0.3 is 10.2 Å². The molecule has 0 saturated carbocycles. The van der Waals surface area contributed by atoms with Gasteiger partial charge in [0.25, 0.3) is 0 Å². The van der Waals surface area contributed by atoms with Crippen LogP contribution in [-0.2, 0) is 0 Å². The molecule has 0 aromatic rings. The van der Waals surface area contributed by atoms with Crippen molar-refractivity contribution >= 4 is 0 Å². The van der Waals surface area contributed by atoms with Crippen molar-refractivity contribution < 1.29 is 10.2 Å². The summed E-state index contributed by atoms with van der Waals surface area (Å²) in [4.78, 5) is 0. The van der Waals surface area contributed by atoms with E-state index in [4.69, 9.17) is 5.11 Å². The Morgan fingerprint density at radius 3 is 2.14 bits per heavy atom. The molecule has 0 heterocycles. The lowest BCUT2D eigenvalue weighted by Gasteiger charge is -2.24. The van der Waals surface area contributed by atoms with E-state index in [0.29, 0.717) is 5.92 Å². The van der Waals surface area contributed by atoms with Gasteiger partial charge in [0, 0.05) is 0 Å². The summed E-state index contributed by atoms with van der Waals surface area (Å²) in [5.74, 6) is 0.578. The minimum atomic E-state index is -0.195. The Morgan fingerprint density at radius 1 is 1.14 bits per heavy atom. The minimum Gasteiger partial charge on any atom is -0.393 e. The van der Waals surface area contributed by atoms with E-state index in [1.807, 2.05) is 0 Å². The predicted molar refractivity (Wildman–Crippen MR) is 59.3 cm³/mol. The third kappa shape index (κ3) is 4.97. The first-order chi connectivity index (χ1) is 6.69. The summed E-state index contributed by atoms with van der Waals surface area (Å²) in [6.07, 6.45) is 4.55. The lowest BCUT2D eigenvalue weighted by Crippen LogP contribution is -2.22. The van der Waals surface area contributed by atoms with Gasteiger partial charge in [0.15, 0.2) is 0 Å². The molecular formula is C12H25O2. The van der Waals surface area contributed by atoms with E-state index < -0.39 is 0 Å². The quantitative estimate of drug-likeness (QED) is 0.633. The second kappa shape index (κ2) is 8.25. The first kappa shape index (κ1) is 13.9. The fraction of sp³-hybridized carbons (Fsp3) is 0.917. The van der Waals surface area contributed by atoms with Gasteiger partial charge in [-0.3, -0.25) is 0 Å². The van der Waals surface area contributed by atoms with Crippen LogP contribution in [0.2, 0.25) is 0 Å². The van der Waals surface area contributed by atoms with E-state index in [-0.39, 0.29) is 12.0 Å². The number of hydrogen-bond acceptors (Lipinski definition) is 2. The monoisotopic (exact) mass is 201 g/mol. The zero-order valence-corrected chi connectivity index (χ0v) is 9.74. The number of rotatable bonds is 8. The van der Waals surface area contributed by atoms with Gasteiger partial charge in [-0.25, -0.2) is 0 Å². The zero-order valence-electron chi connectivity index (χ0n) is 9.74. The summed E-state index contributed by atoms with van der Waals surface area (Å²) >= 11 is 0. The van der Waals surface area contributed by atoms with Crippen LogP contribution in [0, 0.1) is 18.4 Å². The molecule has 2 nitrogen and oxygen atoms in total. The number of aliphatic hydroxyl groups is 2. The molecule has 0 aliphatic rings. The van der Waals surface area contributed by atoms with Gasteiger partial charge in [-0.05, 0) is 24.7 Å². The van der Waals surface area contributed by atoms with Crippen LogP contribution < -0.4 is 0 Å². The van der Waals surface area contributed by atoms with Crippen molar-refractivity contribution in [2.24, 2.45) is 11.8 Å². The van der Waals surface area contributed by atoms with E-state index in [9.17, 15) is 5.11 Å². The zero-order chi connectivity index (χ0) is 11.0. The normalized spacial score (nSPS) is 17.8. The van der Waals surface area contributed by atoms with E-state index in [0.717, 1.165) is 32.1 Å². The van der Waals surface area contributed by atoms with Crippen molar-refractivity contribution in [2.45, 2.75) is 59.0 Å². The van der Waals surface area contributed by atoms with Crippen LogP contribution in [0.25, 0.3) is 0 Å². The van der Waals surface area contributed by atoms with Crippen molar-refractivity contribution in [3.8, 4) is 0 Å². The molecular weight excluding hydrogens is 176 g/mol. The van der Waals surface area contributed by atoms with Crippen LogP contribution in [0.15, 0.2) is 0 Å². The Hall–Kier alpha value is -0.0800. The fourth-order valence-electron chi connectivity index (χ4n) is 1.85. The second-order valence-corrected chi connectivity index (χ2v) is 4.08. The Bertz CT molecular complexity index is 121. The van der Waals surface area contributed by atoms with Gasteiger partial charge in [0.1, 0.15) is 0 Å². The maximum absolute atomic E-state index is 9.85. The Labute approximate surface area is 88.3 Å². The third-order valence-electron chi connectivity index (χ3n) is 2.99. The molecule has 0 rings (SSSR count). The summed E-state index contributed by atoms with van der Waals surface area (Å²) in [5.41, 5.74) is 0. The first-order valence-corrected chi connectivity index (χ1v) is 5.85. The molecule has 0 fully saturated rings. The van der Waals surface area contributed by atoms with Crippen molar-refractivity contribution in [2.75, 3.05) is 0 Å². The first-order valence-electron chi connectivity index (χ1n) is 5.85. The fourth-order valence-corrected chi connectivity index (χ4v) is 1.85. The number of aliphatic hydroxyl groups excluding tert-OH is 2. The predicted octanol–water partition coefficient (Wildman–Crippen LogP) is 3.12. The highest BCUT2D eigenvalue weighted by Gasteiger charge is 2.20. The number of hydrogen-bond donors (Lipinski definition) is 2. The van der Waals surface area contributed by atoms with Crippen LogP contribution in [0.5, 0.6) is 0 Å². The average molecular weight is 201 g/mol. The maximum Gasteiger partial charge on any atom is 0.0829 e. The summed E-state index contributed by atoms with van der Waals surface area (Å²) in [6, 6.07) is 0. The molecule has 0 bridgehead atoms. The van der Waals surface area contributed by atoms with Crippen LogP contribution in [0.1, 0.15) is 52.9 Å². The molecule has 0 aromatic carbocycles. The van der Waals surface area contributed by atoms with Gasteiger partial charge in [-0.1, -0.05) is 40.0 Å². The lowest BCUT2D eigenvalue weighted by molar-refractivity contribution is 0.0785. The highest BCUT2D eigenvalue weighted by molar-refractivity contribution is 4.74. The standard InChI is InChI=1S/C12H25O2/c1-4-7-12(14)11(6-3)8-10(5-2)9-13/h9-14H,4-8H2,1-3H3. The molecule has 2 N–H and O–H groups in total. The van der Waals surface area contributed by atoms with E-state index >= 15 is 0 Å². The van der Waals surface area contributed by atoms with Crippen molar-refractivity contribution in [3.63, 3.8) is 0 Å². The molecule has 0 spiro atoms. The van der Waals surface area contributed by atoms with Gasteiger partial charge >= 0.3 is 0 Å². The largest absolute Gasteiger partial charge is 0.393 e. The molecule has 0 aliphatic carbocycles. The molecule has 3 unspecified atom stereocenters. The van der Waals surface area contributed by atoms with Crippen LogP contribution in [0.3, 0.4) is 0 Å². The topological polar surface area (TPSA) is 40.5 Å². The minimum absolute atomic E-state index is 0.195. The highest BCUT2D eigenvalue weighted by Crippen LogP contribution is 2.24. The smallest absolute Gasteiger partial charge is 0.0829 e. The molecule has 3 atom stereocenters. The summed E-state index contributed by atoms with van der Waals surface area (Å²) in [6.45, 7) is 7.54. The summed E-state index contributed by atoms with van der Waals surface area (Å²) < 4.78 is 0. The second-order valence-electron chi connectivity index (χ2n) is 4.08. The summed E-state index contributed by atoms with van der Waals surface area (Å²) in [5, 5.41) is 18.8. The SMILES string of the molecule is CCCC(O)C(CC)CC([CH]O)CC. The van der Waals surface area contributed by atoms with E-state index in [1.165, 1.54) is 6.61 Å². The molecule has 0 amide bonds. The molecule has 85 valence electrons. The van der Waals surface area contributed by atoms with Crippen molar-refractivity contribution in [1.82, 2.24) is 0 Å². The lowest BCUT2D eigenvalue weighted by atomic mass is 9.86. The third-order valence-corrected chi connectivity index (χ3v) is 2.99. The average Bonchev–Trinajstić information content (AvgIpc) is 2.20. The Kier molecular flexibility index (Phi) is 8.20. The van der Waals surface area contributed by atoms with E-state index in [2.05, 4.69) is 20.8 Å². The van der Waals surface area contributed by atoms with Gasteiger partial charge in [0.2, 0.25) is 0 Å². The molecule has 0 aromatic heterocycles. The van der Waals surface area contributed by atoms with E-state index in [1.54, 1.807) is 0 Å². The van der Waals surface area contributed by atoms with Crippen LogP contribution in [0.4, 0.5) is 0 Å². The molecule has 2 heteroatoms.